The summed E-state index contributed by atoms with van der Waals surface area (Å²) in [5.41, 5.74) is 0.927. The summed E-state index contributed by atoms with van der Waals surface area (Å²) in [4.78, 5) is 12.6. The van der Waals surface area contributed by atoms with Gasteiger partial charge < -0.3 is 14.8 Å². The molecule has 3 aromatic rings. The molecule has 3 rings (SSSR count). The van der Waals surface area contributed by atoms with Crippen molar-refractivity contribution in [2.75, 3.05) is 30.4 Å². The van der Waals surface area contributed by atoms with Crippen LogP contribution in [0.15, 0.2) is 65.6 Å². The first kappa shape index (κ1) is 24.3. The summed E-state index contributed by atoms with van der Waals surface area (Å²) in [7, 11) is -1.59. The van der Waals surface area contributed by atoms with Gasteiger partial charge in [-0.05, 0) is 48.9 Å². The van der Waals surface area contributed by atoms with Gasteiger partial charge in [-0.25, -0.2) is 12.8 Å². The second-order valence-electron chi connectivity index (χ2n) is 6.99. The third kappa shape index (κ3) is 5.37. The van der Waals surface area contributed by atoms with Gasteiger partial charge in [-0.1, -0.05) is 29.8 Å². The van der Waals surface area contributed by atoms with Crippen LogP contribution in [-0.2, 0) is 14.8 Å². The molecule has 0 radical (unpaired) electrons. The summed E-state index contributed by atoms with van der Waals surface area (Å²) in [5, 5.41) is 3.04. The number of ether oxygens (including phenoxy) is 2. The zero-order valence-corrected chi connectivity index (χ0v) is 19.7. The second kappa shape index (κ2) is 10.1. The van der Waals surface area contributed by atoms with Crippen molar-refractivity contribution in [1.29, 1.82) is 0 Å². The molecule has 1 amide bonds. The summed E-state index contributed by atoms with van der Waals surface area (Å²) < 4.78 is 52.7. The monoisotopic (exact) mass is 492 g/mol. The van der Waals surface area contributed by atoms with Crippen LogP contribution < -0.4 is 19.1 Å². The summed E-state index contributed by atoms with van der Waals surface area (Å²) >= 11 is 6.10. The van der Waals surface area contributed by atoms with Crippen molar-refractivity contribution in [3.8, 4) is 11.5 Å². The lowest BCUT2D eigenvalue weighted by molar-refractivity contribution is -0.114. The highest BCUT2D eigenvalue weighted by molar-refractivity contribution is 7.92. The van der Waals surface area contributed by atoms with Crippen molar-refractivity contribution in [2.24, 2.45) is 0 Å². The molecule has 0 saturated heterocycles. The predicted octanol–water partition coefficient (Wildman–Crippen LogP) is 4.64. The topological polar surface area (TPSA) is 84.9 Å². The SMILES string of the molecule is COc1ccc(S(=O)(=O)N(CC(=O)Nc2ccc(C)c(Cl)c2)c2ccccc2F)cc1OC. The Hall–Kier alpha value is -3.30. The van der Waals surface area contributed by atoms with Crippen LogP contribution in [0.2, 0.25) is 5.02 Å². The standard InChI is InChI=1S/C23H22ClFN2O5S/c1-15-8-9-16(12-18(15)24)26-23(28)14-27(20-7-5-4-6-19(20)25)33(29,30)17-10-11-21(31-2)22(13-17)32-3/h4-13H,14H2,1-3H3,(H,26,28). The lowest BCUT2D eigenvalue weighted by Gasteiger charge is -2.25. The number of sulfonamides is 1. The molecule has 0 unspecified atom stereocenters. The van der Waals surface area contributed by atoms with Crippen LogP contribution in [-0.4, -0.2) is 35.1 Å². The molecule has 0 atom stereocenters. The molecule has 0 spiro atoms. The van der Waals surface area contributed by atoms with Crippen LogP contribution in [0.1, 0.15) is 5.56 Å². The average molecular weight is 493 g/mol. The largest absolute Gasteiger partial charge is 0.493 e. The molecule has 0 saturated carbocycles. The van der Waals surface area contributed by atoms with Crippen LogP contribution in [0.5, 0.6) is 11.5 Å². The maximum absolute atomic E-state index is 14.6. The number of para-hydroxylation sites is 1. The molecule has 33 heavy (non-hydrogen) atoms. The molecule has 0 heterocycles. The molecule has 10 heteroatoms. The molecule has 0 aliphatic carbocycles. The zero-order chi connectivity index (χ0) is 24.2. The molecule has 0 bridgehead atoms. The molecule has 7 nitrogen and oxygen atoms in total. The number of methoxy groups -OCH3 is 2. The number of anilines is 2. The summed E-state index contributed by atoms with van der Waals surface area (Å²) in [6.07, 6.45) is 0. The van der Waals surface area contributed by atoms with Gasteiger partial charge in [0.05, 0.1) is 24.8 Å². The van der Waals surface area contributed by atoms with Gasteiger partial charge in [-0.2, -0.15) is 0 Å². The maximum atomic E-state index is 14.6. The van der Waals surface area contributed by atoms with Gasteiger partial charge in [0.15, 0.2) is 11.5 Å². The number of halogens is 2. The van der Waals surface area contributed by atoms with Crippen LogP contribution in [0.25, 0.3) is 0 Å². The first-order chi connectivity index (χ1) is 15.7. The summed E-state index contributed by atoms with van der Waals surface area (Å²) in [6.45, 7) is 1.13. The Morgan fingerprint density at radius 1 is 1.03 bits per heavy atom. The molecule has 0 fully saturated rings. The number of nitrogens with zero attached hydrogens (tertiary/aromatic N) is 1. The van der Waals surface area contributed by atoms with Crippen LogP contribution >= 0.6 is 11.6 Å². The highest BCUT2D eigenvalue weighted by Gasteiger charge is 2.30. The van der Waals surface area contributed by atoms with Gasteiger partial charge in [0.2, 0.25) is 5.91 Å². The fourth-order valence-corrected chi connectivity index (χ4v) is 4.68. The van der Waals surface area contributed by atoms with E-state index in [2.05, 4.69) is 5.32 Å². The fourth-order valence-electron chi connectivity index (χ4n) is 3.06. The quantitative estimate of drug-likeness (QED) is 0.495. The Morgan fingerprint density at radius 3 is 2.36 bits per heavy atom. The van der Waals surface area contributed by atoms with E-state index in [1.54, 1.807) is 18.2 Å². The average Bonchev–Trinajstić information content (AvgIpc) is 2.80. The molecule has 0 aromatic heterocycles. The number of hydrogen-bond acceptors (Lipinski definition) is 5. The normalized spacial score (nSPS) is 11.1. The van der Waals surface area contributed by atoms with E-state index >= 15 is 0 Å². The van der Waals surface area contributed by atoms with Gasteiger partial charge in [-0.15, -0.1) is 0 Å². The molecule has 0 aliphatic rings. The number of nitrogens with one attached hydrogen (secondary N) is 1. The third-order valence-electron chi connectivity index (χ3n) is 4.81. The smallest absolute Gasteiger partial charge is 0.265 e. The van der Waals surface area contributed by atoms with Gasteiger partial charge >= 0.3 is 0 Å². The van der Waals surface area contributed by atoms with Crippen LogP contribution in [0, 0.1) is 12.7 Å². The van der Waals surface area contributed by atoms with Gasteiger partial charge in [0, 0.05) is 16.8 Å². The molecular formula is C23H22ClFN2O5S. The number of rotatable bonds is 8. The van der Waals surface area contributed by atoms with E-state index < -0.39 is 28.3 Å². The minimum Gasteiger partial charge on any atom is -0.493 e. The van der Waals surface area contributed by atoms with E-state index in [9.17, 15) is 17.6 Å². The Labute approximate surface area is 196 Å². The Balaban J connectivity index is 2.00. The van der Waals surface area contributed by atoms with Crippen LogP contribution in [0.4, 0.5) is 15.8 Å². The number of aryl methyl sites for hydroxylation is 1. The lowest BCUT2D eigenvalue weighted by Crippen LogP contribution is -2.38. The summed E-state index contributed by atoms with van der Waals surface area (Å²) in [5.74, 6) is -0.983. The molecule has 174 valence electrons. The van der Waals surface area contributed by atoms with E-state index in [0.717, 1.165) is 11.6 Å². The Kier molecular flexibility index (Phi) is 7.45. The molecule has 0 aliphatic heterocycles. The minimum atomic E-state index is -4.37. The van der Waals surface area contributed by atoms with E-state index in [1.807, 2.05) is 6.92 Å². The Morgan fingerprint density at radius 2 is 1.73 bits per heavy atom. The van der Waals surface area contributed by atoms with Gasteiger partial charge in [-0.3, -0.25) is 9.10 Å². The van der Waals surface area contributed by atoms with Crippen molar-refractivity contribution in [1.82, 2.24) is 0 Å². The maximum Gasteiger partial charge on any atom is 0.265 e. The highest BCUT2D eigenvalue weighted by Crippen LogP contribution is 2.33. The van der Waals surface area contributed by atoms with Gasteiger partial charge in [0.1, 0.15) is 12.4 Å². The molecule has 3 aromatic carbocycles. The van der Waals surface area contributed by atoms with E-state index in [1.165, 1.54) is 50.6 Å². The Bertz CT molecular complexity index is 1280. The van der Waals surface area contributed by atoms with Crippen molar-refractivity contribution < 1.29 is 27.1 Å². The van der Waals surface area contributed by atoms with E-state index in [0.29, 0.717) is 20.8 Å². The number of carbonyl (C=O) groups is 1. The predicted molar refractivity (Wildman–Crippen MR) is 125 cm³/mol. The number of carbonyl (C=O) groups excluding carboxylic acids is 1. The van der Waals surface area contributed by atoms with Crippen LogP contribution in [0.3, 0.4) is 0 Å². The van der Waals surface area contributed by atoms with Crippen molar-refractivity contribution in [3.63, 3.8) is 0 Å². The van der Waals surface area contributed by atoms with Crippen molar-refractivity contribution in [3.05, 3.63) is 77.1 Å². The lowest BCUT2D eigenvalue weighted by atomic mass is 10.2. The van der Waals surface area contributed by atoms with E-state index in [-0.39, 0.29) is 16.3 Å². The third-order valence-corrected chi connectivity index (χ3v) is 6.97. The second-order valence-corrected chi connectivity index (χ2v) is 9.26. The van der Waals surface area contributed by atoms with Crippen molar-refractivity contribution >= 4 is 38.9 Å². The zero-order valence-electron chi connectivity index (χ0n) is 18.1. The molecular weight excluding hydrogens is 471 g/mol. The first-order valence-electron chi connectivity index (χ1n) is 9.72. The van der Waals surface area contributed by atoms with Crippen molar-refractivity contribution in [2.45, 2.75) is 11.8 Å². The summed E-state index contributed by atoms with van der Waals surface area (Å²) in [6, 6.07) is 14.2. The fraction of sp³-hybridized carbons (Fsp3) is 0.174. The highest BCUT2D eigenvalue weighted by atomic mass is 35.5. The molecule has 1 N–H and O–H groups in total. The first-order valence-corrected chi connectivity index (χ1v) is 11.5. The number of hydrogen-bond donors (Lipinski definition) is 1. The number of amides is 1. The van der Waals surface area contributed by atoms with Gasteiger partial charge in [0.25, 0.3) is 10.0 Å². The minimum absolute atomic E-state index is 0.172. The number of benzene rings is 3. The van der Waals surface area contributed by atoms with E-state index in [4.69, 9.17) is 21.1 Å².